The molecule has 0 amide bonds. The van der Waals surface area contributed by atoms with E-state index in [9.17, 15) is 13.2 Å². The van der Waals surface area contributed by atoms with Crippen LogP contribution in [0.4, 0.5) is 13.2 Å². The van der Waals surface area contributed by atoms with E-state index in [0.29, 0.717) is 13.1 Å². The van der Waals surface area contributed by atoms with Crippen molar-refractivity contribution in [3.63, 3.8) is 0 Å². The molecule has 2 heterocycles. The second-order valence-electron chi connectivity index (χ2n) is 4.17. The molecule has 0 spiro atoms. The molecule has 94 valence electrons. The first-order chi connectivity index (χ1) is 8.66. The molecule has 3 rings (SSSR count). The molecule has 0 aliphatic carbocycles. The first-order valence-electron chi connectivity index (χ1n) is 5.53. The van der Waals surface area contributed by atoms with Gasteiger partial charge in [0.2, 0.25) is 0 Å². The number of rotatable bonds is 2. The molecule has 1 N–H and O–H groups in total. The standard InChI is InChI=1S/C12H10F3N3/c13-8-1-2-9(14)11(15)7(8)5-18-6-17-12-10(18)3-4-16-12/h1-2,4,17H,3,5-6H2. The van der Waals surface area contributed by atoms with Gasteiger partial charge in [-0.05, 0) is 12.1 Å². The Hall–Kier alpha value is -1.98. The summed E-state index contributed by atoms with van der Waals surface area (Å²) >= 11 is 0. The third kappa shape index (κ3) is 1.64. The zero-order valence-corrected chi connectivity index (χ0v) is 9.38. The van der Waals surface area contributed by atoms with Gasteiger partial charge in [-0.15, -0.1) is 0 Å². The predicted molar refractivity (Wildman–Crippen MR) is 60.0 cm³/mol. The van der Waals surface area contributed by atoms with Crippen molar-refractivity contribution in [2.75, 3.05) is 6.67 Å². The number of nitrogens with zero attached hydrogens (tertiary/aromatic N) is 2. The van der Waals surface area contributed by atoms with Crippen molar-refractivity contribution in [3.05, 3.63) is 46.7 Å². The van der Waals surface area contributed by atoms with Gasteiger partial charge >= 0.3 is 0 Å². The Morgan fingerprint density at radius 1 is 1.22 bits per heavy atom. The molecule has 0 unspecified atom stereocenters. The fraction of sp³-hybridized carbons (Fsp3) is 0.250. The summed E-state index contributed by atoms with van der Waals surface area (Å²) in [6.07, 6.45) is 2.35. The van der Waals surface area contributed by atoms with Crippen LogP contribution in [0.1, 0.15) is 12.0 Å². The number of halogens is 3. The summed E-state index contributed by atoms with van der Waals surface area (Å²) in [5.74, 6) is -2.16. The molecule has 0 aromatic heterocycles. The second kappa shape index (κ2) is 4.04. The van der Waals surface area contributed by atoms with Gasteiger partial charge in [-0.2, -0.15) is 0 Å². The normalized spacial score (nSPS) is 17.4. The maximum absolute atomic E-state index is 13.6. The van der Waals surface area contributed by atoms with Gasteiger partial charge < -0.3 is 10.2 Å². The van der Waals surface area contributed by atoms with Crippen molar-refractivity contribution >= 4 is 6.21 Å². The van der Waals surface area contributed by atoms with Crippen molar-refractivity contribution < 1.29 is 13.2 Å². The molecular formula is C12H10F3N3. The van der Waals surface area contributed by atoms with Crippen LogP contribution >= 0.6 is 0 Å². The average molecular weight is 253 g/mol. The van der Waals surface area contributed by atoms with Crippen molar-refractivity contribution in [2.24, 2.45) is 4.99 Å². The first-order valence-corrected chi connectivity index (χ1v) is 5.53. The van der Waals surface area contributed by atoms with E-state index >= 15 is 0 Å². The highest BCUT2D eigenvalue weighted by molar-refractivity contribution is 5.67. The number of allylic oxidation sites excluding steroid dienone is 1. The highest BCUT2D eigenvalue weighted by Crippen LogP contribution is 2.26. The van der Waals surface area contributed by atoms with Gasteiger partial charge in [-0.25, -0.2) is 18.2 Å². The number of hydrogen-bond donors (Lipinski definition) is 1. The molecule has 1 aromatic rings. The maximum atomic E-state index is 13.6. The Kier molecular flexibility index (Phi) is 2.50. The van der Waals surface area contributed by atoms with Crippen LogP contribution in [0.2, 0.25) is 0 Å². The summed E-state index contributed by atoms with van der Waals surface area (Å²) in [4.78, 5) is 5.85. The molecule has 0 radical (unpaired) electrons. The summed E-state index contributed by atoms with van der Waals surface area (Å²) in [6.45, 7) is 0.419. The van der Waals surface area contributed by atoms with Crippen LogP contribution in [0.15, 0.2) is 28.6 Å². The SMILES string of the molecule is Fc1ccc(F)c(CN2CNC3=C2CC=N3)c1F. The highest BCUT2D eigenvalue weighted by Gasteiger charge is 2.26. The number of aliphatic imine (C=N–C) groups is 1. The minimum absolute atomic E-state index is 0.00931. The number of benzene rings is 1. The highest BCUT2D eigenvalue weighted by atomic mass is 19.2. The van der Waals surface area contributed by atoms with Gasteiger partial charge in [0.25, 0.3) is 0 Å². The minimum atomic E-state index is -1.12. The topological polar surface area (TPSA) is 27.6 Å². The van der Waals surface area contributed by atoms with E-state index in [2.05, 4.69) is 10.3 Å². The smallest absolute Gasteiger partial charge is 0.166 e. The van der Waals surface area contributed by atoms with Crippen LogP contribution < -0.4 is 5.32 Å². The van der Waals surface area contributed by atoms with E-state index in [1.807, 2.05) is 0 Å². The summed E-state index contributed by atoms with van der Waals surface area (Å²) in [5.41, 5.74) is 0.635. The second-order valence-corrected chi connectivity index (χ2v) is 4.17. The molecule has 1 aromatic carbocycles. The summed E-state index contributed by atoms with van der Waals surface area (Å²) in [7, 11) is 0. The Morgan fingerprint density at radius 2 is 2.00 bits per heavy atom. The molecule has 0 bridgehead atoms. The van der Waals surface area contributed by atoms with Crippen molar-refractivity contribution in [3.8, 4) is 0 Å². The lowest BCUT2D eigenvalue weighted by Gasteiger charge is -2.20. The third-order valence-electron chi connectivity index (χ3n) is 3.09. The van der Waals surface area contributed by atoms with Gasteiger partial charge in [0.1, 0.15) is 11.6 Å². The number of nitrogens with one attached hydrogen (secondary N) is 1. The largest absolute Gasteiger partial charge is 0.351 e. The quantitative estimate of drug-likeness (QED) is 0.817. The Labute approximate surface area is 102 Å². The third-order valence-corrected chi connectivity index (χ3v) is 3.09. The average Bonchev–Trinajstić information content (AvgIpc) is 2.93. The lowest BCUT2D eigenvalue weighted by Crippen LogP contribution is -2.25. The van der Waals surface area contributed by atoms with E-state index in [1.165, 1.54) is 0 Å². The van der Waals surface area contributed by atoms with Gasteiger partial charge in [0.05, 0.1) is 18.9 Å². The van der Waals surface area contributed by atoms with E-state index in [1.54, 1.807) is 11.1 Å². The lowest BCUT2D eigenvalue weighted by atomic mass is 10.1. The molecule has 0 saturated carbocycles. The summed E-state index contributed by atoms with van der Waals surface area (Å²) in [6, 6.07) is 1.73. The Morgan fingerprint density at radius 3 is 2.83 bits per heavy atom. The summed E-state index contributed by atoms with van der Waals surface area (Å²) < 4.78 is 40.2. The fourth-order valence-electron chi connectivity index (χ4n) is 2.14. The van der Waals surface area contributed by atoms with Crippen molar-refractivity contribution in [1.29, 1.82) is 0 Å². The van der Waals surface area contributed by atoms with E-state index < -0.39 is 17.5 Å². The lowest BCUT2D eigenvalue weighted by molar-refractivity contribution is 0.334. The Balaban J connectivity index is 1.88. The van der Waals surface area contributed by atoms with Crippen LogP contribution in [-0.4, -0.2) is 17.8 Å². The first kappa shape index (κ1) is 11.1. The molecule has 0 saturated heterocycles. The fourth-order valence-corrected chi connectivity index (χ4v) is 2.14. The van der Waals surface area contributed by atoms with Crippen molar-refractivity contribution in [2.45, 2.75) is 13.0 Å². The molecule has 3 nitrogen and oxygen atoms in total. The van der Waals surface area contributed by atoms with Crippen LogP contribution in [0.25, 0.3) is 0 Å². The number of hydrogen-bond acceptors (Lipinski definition) is 3. The van der Waals surface area contributed by atoms with E-state index in [-0.39, 0.29) is 12.1 Å². The van der Waals surface area contributed by atoms with Gasteiger partial charge in [-0.3, -0.25) is 0 Å². The Bertz CT molecular complexity index is 566. The molecular weight excluding hydrogens is 243 g/mol. The van der Waals surface area contributed by atoms with Gasteiger partial charge in [0.15, 0.2) is 11.6 Å². The van der Waals surface area contributed by atoms with Crippen LogP contribution in [0, 0.1) is 17.5 Å². The van der Waals surface area contributed by atoms with E-state index in [4.69, 9.17) is 0 Å². The summed E-state index contributed by atoms with van der Waals surface area (Å²) in [5, 5.41) is 3.01. The zero-order valence-electron chi connectivity index (χ0n) is 9.38. The van der Waals surface area contributed by atoms with Crippen LogP contribution in [0.5, 0.6) is 0 Å². The monoisotopic (exact) mass is 253 g/mol. The van der Waals surface area contributed by atoms with Crippen molar-refractivity contribution in [1.82, 2.24) is 10.2 Å². The molecule has 0 atom stereocenters. The maximum Gasteiger partial charge on any atom is 0.166 e. The van der Waals surface area contributed by atoms with Gasteiger partial charge in [0, 0.05) is 18.2 Å². The molecule has 2 aliphatic heterocycles. The molecule has 2 aliphatic rings. The molecule has 18 heavy (non-hydrogen) atoms. The molecule has 0 fully saturated rings. The van der Waals surface area contributed by atoms with Crippen LogP contribution in [0.3, 0.4) is 0 Å². The van der Waals surface area contributed by atoms with Crippen LogP contribution in [-0.2, 0) is 6.54 Å². The van der Waals surface area contributed by atoms with E-state index in [0.717, 1.165) is 23.7 Å². The zero-order chi connectivity index (χ0) is 12.7. The predicted octanol–water partition coefficient (Wildman–Crippen LogP) is 2.11. The minimum Gasteiger partial charge on any atom is -0.351 e. The molecule has 6 heteroatoms. The van der Waals surface area contributed by atoms with Gasteiger partial charge in [-0.1, -0.05) is 0 Å².